The molecule has 18 heavy (non-hydrogen) atoms. The molecule has 0 unspecified atom stereocenters. The molecule has 1 aliphatic heterocycles. The van der Waals surface area contributed by atoms with Crippen LogP contribution >= 0.6 is 0 Å². The van der Waals surface area contributed by atoms with Gasteiger partial charge in [-0.3, -0.25) is 0 Å². The van der Waals surface area contributed by atoms with Gasteiger partial charge in [0.15, 0.2) is 0 Å². The zero-order chi connectivity index (χ0) is 13.0. The lowest BCUT2D eigenvalue weighted by atomic mass is 10.1. The molecule has 0 bridgehead atoms. The first-order chi connectivity index (χ1) is 8.74. The van der Waals surface area contributed by atoms with Crippen LogP contribution < -0.4 is 10.6 Å². The van der Waals surface area contributed by atoms with Gasteiger partial charge in [-0.05, 0) is 39.4 Å². The van der Waals surface area contributed by atoms with Crippen molar-refractivity contribution in [1.29, 1.82) is 0 Å². The number of hydrogen-bond acceptors (Lipinski definition) is 5. The highest BCUT2D eigenvalue weighted by atomic mass is 15.1. The molecular formula is C13H23N5. The monoisotopic (exact) mass is 249 g/mol. The van der Waals surface area contributed by atoms with Gasteiger partial charge in [0.2, 0.25) is 0 Å². The summed E-state index contributed by atoms with van der Waals surface area (Å²) in [4.78, 5) is 11.0. The lowest BCUT2D eigenvalue weighted by Crippen LogP contribution is -2.37. The summed E-state index contributed by atoms with van der Waals surface area (Å²) in [6.45, 7) is 4.45. The van der Waals surface area contributed by atoms with Crippen LogP contribution in [0.3, 0.4) is 0 Å². The second-order valence-electron chi connectivity index (χ2n) is 4.87. The van der Waals surface area contributed by atoms with Gasteiger partial charge < -0.3 is 15.5 Å². The fourth-order valence-electron chi connectivity index (χ4n) is 2.43. The van der Waals surface area contributed by atoms with Gasteiger partial charge in [0.05, 0.1) is 0 Å². The minimum atomic E-state index is 0.533. The van der Waals surface area contributed by atoms with E-state index in [0.29, 0.717) is 6.04 Å². The average Bonchev–Trinajstić information content (AvgIpc) is 2.41. The predicted molar refractivity (Wildman–Crippen MR) is 75.1 cm³/mol. The number of aromatic nitrogens is 2. The van der Waals surface area contributed by atoms with E-state index < -0.39 is 0 Å². The summed E-state index contributed by atoms with van der Waals surface area (Å²) in [6.07, 6.45) is 4.92. The molecule has 1 aromatic heterocycles. The normalized spacial score (nSPS) is 17.7. The third-order valence-electron chi connectivity index (χ3n) is 3.60. The van der Waals surface area contributed by atoms with Crippen molar-refractivity contribution in [2.75, 3.05) is 37.8 Å². The van der Waals surface area contributed by atoms with Crippen molar-refractivity contribution >= 4 is 11.6 Å². The molecule has 5 heteroatoms. The van der Waals surface area contributed by atoms with E-state index in [2.05, 4.69) is 39.5 Å². The Kier molecular flexibility index (Phi) is 4.36. The largest absolute Gasteiger partial charge is 0.373 e. The first-order valence-electron chi connectivity index (χ1n) is 6.71. The minimum absolute atomic E-state index is 0.533. The fraction of sp³-hybridized carbons (Fsp3) is 0.692. The van der Waals surface area contributed by atoms with Crippen molar-refractivity contribution < 1.29 is 0 Å². The molecule has 1 fully saturated rings. The molecule has 1 saturated heterocycles. The smallest absolute Gasteiger partial charge is 0.134 e. The Morgan fingerprint density at radius 2 is 1.94 bits per heavy atom. The minimum Gasteiger partial charge on any atom is -0.373 e. The van der Waals surface area contributed by atoms with Crippen LogP contribution in [0.1, 0.15) is 25.3 Å². The Morgan fingerprint density at radius 1 is 1.28 bits per heavy atom. The highest BCUT2D eigenvalue weighted by Crippen LogP contribution is 2.22. The van der Waals surface area contributed by atoms with Gasteiger partial charge in [0, 0.05) is 18.7 Å². The molecule has 2 heterocycles. The second-order valence-corrected chi connectivity index (χ2v) is 4.87. The van der Waals surface area contributed by atoms with Crippen LogP contribution in [-0.4, -0.2) is 48.1 Å². The molecule has 0 aliphatic carbocycles. The van der Waals surface area contributed by atoms with Crippen LogP contribution in [-0.2, 0) is 6.42 Å². The lowest BCUT2D eigenvalue weighted by molar-refractivity contribution is 0.263. The molecule has 2 rings (SSSR count). The number of piperidine rings is 1. The summed E-state index contributed by atoms with van der Waals surface area (Å²) in [5, 5.41) is 6.71. The Balaban J connectivity index is 2.09. The van der Waals surface area contributed by atoms with Crippen LogP contribution in [0.15, 0.2) is 6.33 Å². The number of anilines is 2. The number of hydrogen-bond donors (Lipinski definition) is 2. The molecule has 1 aromatic rings. The molecule has 0 spiro atoms. The van der Waals surface area contributed by atoms with E-state index in [0.717, 1.165) is 31.1 Å². The first-order valence-corrected chi connectivity index (χ1v) is 6.71. The van der Waals surface area contributed by atoms with Crippen LogP contribution in [0, 0.1) is 0 Å². The number of likely N-dealkylation sites (tertiary alicyclic amines) is 1. The van der Waals surface area contributed by atoms with Crippen molar-refractivity contribution in [2.45, 2.75) is 32.2 Å². The van der Waals surface area contributed by atoms with Crippen LogP contribution in [0.5, 0.6) is 0 Å². The van der Waals surface area contributed by atoms with E-state index in [1.54, 1.807) is 6.33 Å². The lowest BCUT2D eigenvalue weighted by Gasteiger charge is -2.30. The van der Waals surface area contributed by atoms with Crippen molar-refractivity contribution in [3.05, 3.63) is 11.9 Å². The van der Waals surface area contributed by atoms with Crippen LogP contribution in [0.2, 0.25) is 0 Å². The summed E-state index contributed by atoms with van der Waals surface area (Å²) in [7, 11) is 4.08. The first kappa shape index (κ1) is 13.1. The summed E-state index contributed by atoms with van der Waals surface area (Å²) >= 11 is 0. The fourth-order valence-corrected chi connectivity index (χ4v) is 2.43. The summed E-state index contributed by atoms with van der Waals surface area (Å²) < 4.78 is 0. The standard InChI is InChI=1S/C13H23N5/c1-4-11-12(14-2)15-9-16-13(11)17-10-5-7-18(3)8-6-10/h9-10H,4-8H2,1-3H3,(H2,14,15,16,17). The molecule has 2 N–H and O–H groups in total. The Hall–Kier alpha value is -1.36. The molecule has 5 nitrogen and oxygen atoms in total. The van der Waals surface area contributed by atoms with E-state index in [1.165, 1.54) is 18.4 Å². The van der Waals surface area contributed by atoms with Crippen molar-refractivity contribution in [1.82, 2.24) is 14.9 Å². The molecule has 0 atom stereocenters. The van der Waals surface area contributed by atoms with Gasteiger partial charge in [0.1, 0.15) is 18.0 Å². The topological polar surface area (TPSA) is 53.1 Å². The molecule has 0 saturated carbocycles. The van der Waals surface area contributed by atoms with Crippen molar-refractivity contribution in [3.63, 3.8) is 0 Å². The van der Waals surface area contributed by atoms with E-state index >= 15 is 0 Å². The number of nitrogens with zero attached hydrogens (tertiary/aromatic N) is 3. The molecule has 1 aliphatic rings. The Morgan fingerprint density at radius 3 is 2.56 bits per heavy atom. The Bertz CT molecular complexity index is 385. The maximum atomic E-state index is 4.40. The third-order valence-corrected chi connectivity index (χ3v) is 3.60. The zero-order valence-corrected chi connectivity index (χ0v) is 11.5. The number of nitrogens with one attached hydrogen (secondary N) is 2. The van der Waals surface area contributed by atoms with Gasteiger partial charge in [-0.2, -0.15) is 0 Å². The zero-order valence-electron chi connectivity index (χ0n) is 11.5. The third kappa shape index (κ3) is 2.90. The molecular weight excluding hydrogens is 226 g/mol. The van der Waals surface area contributed by atoms with Crippen molar-refractivity contribution in [2.24, 2.45) is 0 Å². The maximum absolute atomic E-state index is 4.40. The molecule has 100 valence electrons. The molecule has 0 amide bonds. The van der Waals surface area contributed by atoms with Gasteiger partial charge in [0.25, 0.3) is 0 Å². The van der Waals surface area contributed by atoms with Gasteiger partial charge >= 0.3 is 0 Å². The van der Waals surface area contributed by atoms with Gasteiger partial charge in [-0.25, -0.2) is 9.97 Å². The van der Waals surface area contributed by atoms with Crippen LogP contribution in [0.4, 0.5) is 11.6 Å². The predicted octanol–water partition coefficient (Wildman–Crippen LogP) is 1.59. The van der Waals surface area contributed by atoms with E-state index in [9.17, 15) is 0 Å². The summed E-state index contributed by atoms with van der Waals surface area (Å²) in [5.74, 6) is 1.93. The number of rotatable bonds is 4. The van der Waals surface area contributed by atoms with E-state index in [4.69, 9.17) is 0 Å². The molecule has 0 radical (unpaired) electrons. The average molecular weight is 249 g/mol. The highest BCUT2D eigenvalue weighted by molar-refractivity contribution is 5.57. The Labute approximate surface area is 109 Å². The quantitative estimate of drug-likeness (QED) is 0.848. The maximum Gasteiger partial charge on any atom is 0.134 e. The van der Waals surface area contributed by atoms with Gasteiger partial charge in [-0.15, -0.1) is 0 Å². The van der Waals surface area contributed by atoms with Crippen molar-refractivity contribution in [3.8, 4) is 0 Å². The summed E-state index contributed by atoms with van der Waals surface area (Å²) in [5.41, 5.74) is 1.18. The van der Waals surface area contributed by atoms with Crippen LogP contribution in [0.25, 0.3) is 0 Å². The SMILES string of the molecule is CCc1c(NC)ncnc1NC1CCN(C)CC1. The van der Waals surface area contributed by atoms with Gasteiger partial charge in [-0.1, -0.05) is 6.92 Å². The summed E-state index contributed by atoms with van der Waals surface area (Å²) in [6, 6.07) is 0.533. The van der Waals surface area contributed by atoms with E-state index in [1.807, 2.05) is 7.05 Å². The highest BCUT2D eigenvalue weighted by Gasteiger charge is 2.18. The molecule has 0 aromatic carbocycles. The van der Waals surface area contributed by atoms with E-state index in [-0.39, 0.29) is 0 Å². The second kappa shape index (κ2) is 6.00.